The normalized spacial score (nSPS) is 20.4. The maximum Gasteiger partial charge on any atom is 0.0712 e. The van der Waals surface area contributed by atoms with Gasteiger partial charge in [-0.2, -0.15) is 0 Å². The van der Waals surface area contributed by atoms with Gasteiger partial charge < -0.3 is 4.90 Å². The summed E-state index contributed by atoms with van der Waals surface area (Å²) in [4.78, 5) is 2.46. The summed E-state index contributed by atoms with van der Waals surface area (Å²) in [6.45, 7) is 5.63. The van der Waals surface area contributed by atoms with Gasteiger partial charge in [0.1, 0.15) is 0 Å². The van der Waals surface area contributed by atoms with Crippen LogP contribution in [0.4, 0.5) is 0 Å². The quantitative estimate of drug-likeness (QED) is 0.739. The molecule has 1 unspecified atom stereocenters. The van der Waals surface area contributed by atoms with E-state index in [1.54, 1.807) is 0 Å². The number of rotatable bonds is 3. The summed E-state index contributed by atoms with van der Waals surface area (Å²) >= 11 is 12.3. The lowest BCUT2D eigenvalue weighted by Gasteiger charge is -2.31. The Labute approximate surface area is 114 Å². The molecule has 2 rings (SSSR count). The van der Waals surface area contributed by atoms with E-state index in [-0.39, 0.29) is 5.38 Å². The van der Waals surface area contributed by atoms with Gasteiger partial charge in [-0.05, 0) is 49.5 Å². The van der Waals surface area contributed by atoms with Gasteiger partial charge in [-0.25, -0.2) is 0 Å². The average molecular weight is 272 g/mol. The van der Waals surface area contributed by atoms with Crippen molar-refractivity contribution in [3.05, 3.63) is 34.9 Å². The molecule has 1 nitrogen and oxygen atoms in total. The molecule has 3 heteroatoms. The van der Waals surface area contributed by atoms with Crippen LogP contribution in [0.1, 0.15) is 30.7 Å². The molecule has 1 atom stereocenters. The van der Waals surface area contributed by atoms with Crippen molar-refractivity contribution >= 4 is 23.2 Å². The highest BCUT2D eigenvalue weighted by molar-refractivity contribution is 6.30. The molecular formula is C14H19Cl2N. The lowest BCUT2D eigenvalue weighted by Crippen LogP contribution is -2.35. The van der Waals surface area contributed by atoms with E-state index in [1.807, 2.05) is 24.3 Å². The third-order valence-electron chi connectivity index (χ3n) is 3.53. The molecule has 1 aromatic rings. The maximum atomic E-state index is 6.44. The van der Waals surface area contributed by atoms with E-state index < -0.39 is 0 Å². The number of halogens is 2. The average Bonchev–Trinajstić information content (AvgIpc) is 2.33. The molecule has 0 aliphatic carbocycles. The summed E-state index contributed by atoms with van der Waals surface area (Å²) < 4.78 is 0. The molecule has 0 aromatic heterocycles. The van der Waals surface area contributed by atoms with Crippen LogP contribution in [0.2, 0.25) is 5.02 Å². The van der Waals surface area contributed by atoms with Gasteiger partial charge in [0, 0.05) is 11.6 Å². The molecule has 1 aliphatic rings. The fourth-order valence-corrected chi connectivity index (χ4v) is 2.71. The Balaban J connectivity index is 1.88. The van der Waals surface area contributed by atoms with E-state index in [1.165, 1.54) is 25.9 Å². The molecule has 1 heterocycles. The molecule has 0 amide bonds. The standard InChI is InChI=1S/C14H19Cl2N/c1-11-6-8-17(9-7-11)10-14(16)12-2-4-13(15)5-3-12/h2-5,11,14H,6-10H2,1H3. The van der Waals surface area contributed by atoms with Gasteiger partial charge in [0.2, 0.25) is 0 Å². The minimum Gasteiger partial charge on any atom is -0.302 e. The Bertz CT molecular complexity index is 342. The van der Waals surface area contributed by atoms with Crippen LogP contribution < -0.4 is 0 Å². The molecular weight excluding hydrogens is 253 g/mol. The van der Waals surface area contributed by atoms with Crippen molar-refractivity contribution in [2.45, 2.75) is 25.1 Å². The number of hydrogen-bond acceptors (Lipinski definition) is 1. The molecule has 17 heavy (non-hydrogen) atoms. The molecule has 1 saturated heterocycles. The van der Waals surface area contributed by atoms with Crippen molar-refractivity contribution in [1.82, 2.24) is 4.90 Å². The zero-order chi connectivity index (χ0) is 12.3. The number of nitrogens with zero attached hydrogens (tertiary/aromatic N) is 1. The van der Waals surface area contributed by atoms with Crippen LogP contribution in [-0.4, -0.2) is 24.5 Å². The summed E-state index contributed by atoms with van der Waals surface area (Å²) in [6.07, 6.45) is 2.59. The van der Waals surface area contributed by atoms with Gasteiger partial charge in [0.05, 0.1) is 5.38 Å². The van der Waals surface area contributed by atoms with Gasteiger partial charge >= 0.3 is 0 Å². The zero-order valence-corrected chi connectivity index (χ0v) is 11.7. The Morgan fingerprint density at radius 1 is 1.24 bits per heavy atom. The highest BCUT2D eigenvalue weighted by atomic mass is 35.5. The van der Waals surface area contributed by atoms with Crippen molar-refractivity contribution in [3.63, 3.8) is 0 Å². The van der Waals surface area contributed by atoms with Crippen LogP contribution in [0.3, 0.4) is 0 Å². The SMILES string of the molecule is CC1CCN(CC(Cl)c2ccc(Cl)cc2)CC1. The van der Waals surface area contributed by atoms with Crippen molar-refractivity contribution < 1.29 is 0 Å². The van der Waals surface area contributed by atoms with Gasteiger partial charge in [0.15, 0.2) is 0 Å². The zero-order valence-electron chi connectivity index (χ0n) is 10.2. The van der Waals surface area contributed by atoms with E-state index in [0.29, 0.717) is 0 Å². The number of likely N-dealkylation sites (tertiary alicyclic amines) is 1. The third kappa shape index (κ3) is 3.87. The largest absolute Gasteiger partial charge is 0.302 e. The van der Waals surface area contributed by atoms with E-state index >= 15 is 0 Å². The van der Waals surface area contributed by atoms with Gasteiger partial charge in [-0.15, -0.1) is 11.6 Å². The minimum absolute atomic E-state index is 0.0701. The fourth-order valence-electron chi connectivity index (χ4n) is 2.25. The highest BCUT2D eigenvalue weighted by Gasteiger charge is 2.19. The van der Waals surface area contributed by atoms with Gasteiger partial charge in [-0.3, -0.25) is 0 Å². The third-order valence-corrected chi connectivity index (χ3v) is 4.17. The number of alkyl halides is 1. The smallest absolute Gasteiger partial charge is 0.0712 e. The Kier molecular flexibility index (Phi) is 4.72. The van der Waals surface area contributed by atoms with Crippen molar-refractivity contribution in [2.24, 2.45) is 5.92 Å². The summed E-state index contributed by atoms with van der Waals surface area (Å²) in [7, 11) is 0. The first kappa shape index (κ1) is 13.2. The summed E-state index contributed by atoms with van der Waals surface area (Å²) in [5.41, 5.74) is 1.16. The molecule has 94 valence electrons. The molecule has 0 N–H and O–H groups in total. The predicted octanol–water partition coefficient (Wildman–Crippen LogP) is 4.35. The van der Waals surface area contributed by atoms with Crippen LogP contribution in [0, 0.1) is 5.92 Å². The van der Waals surface area contributed by atoms with Gasteiger partial charge in [0.25, 0.3) is 0 Å². The predicted molar refractivity (Wildman–Crippen MR) is 74.9 cm³/mol. The maximum absolute atomic E-state index is 6.44. The lowest BCUT2D eigenvalue weighted by molar-refractivity contribution is 0.192. The number of hydrogen-bond donors (Lipinski definition) is 0. The van der Waals surface area contributed by atoms with Crippen LogP contribution in [0.5, 0.6) is 0 Å². The molecule has 0 radical (unpaired) electrons. The molecule has 1 fully saturated rings. The highest BCUT2D eigenvalue weighted by Crippen LogP contribution is 2.25. The first-order valence-electron chi connectivity index (χ1n) is 6.27. The fraction of sp³-hybridized carbons (Fsp3) is 0.571. The summed E-state index contributed by atoms with van der Waals surface area (Å²) in [6, 6.07) is 7.86. The van der Waals surface area contributed by atoms with Crippen molar-refractivity contribution in [3.8, 4) is 0 Å². The Hall–Kier alpha value is -0.240. The Morgan fingerprint density at radius 3 is 2.41 bits per heavy atom. The van der Waals surface area contributed by atoms with E-state index in [0.717, 1.165) is 23.0 Å². The van der Waals surface area contributed by atoms with E-state index in [2.05, 4.69) is 11.8 Å². The second-order valence-electron chi connectivity index (χ2n) is 5.00. The second-order valence-corrected chi connectivity index (χ2v) is 5.97. The first-order chi connectivity index (χ1) is 8.15. The summed E-state index contributed by atoms with van der Waals surface area (Å²) in [5.74, 6) is 0.871. The van der Waals surface area contributed by atoms with E-state index in [4.69, 9.17) is 23.2 Å². The molecule has 0 saturated carbocycles. The van der Waals surface area contributed by atoms with E-state index in [9.17, 15) is 0 Å². The molecule has 0 bridgehead atoms. The minimum atomic E-state index is 0.0701. The van der Waals surface area contributed by atoms with Gasteiger partial charge in [-0.1, -0.05) is 30.7 Å². The Morgan fingerprint density at radius 2 is 1.82 bits per heavy atom. The van der Waals surface area contributed by atoms with Crippen LogP contribution in [0.15, 0.2) is 24.3 Å². The second kappa shape index (κ2) is 6.08. The number of benzene rings is 1. The van der Waals surface area contributed by atoms with Crippen molar-refractivity contribution in [2.75, 3.05) is 19.6 Å². The lowest BCUT2D eigenvalue weighted by atomic mass is 9.99. The number of piperidine rings is 1. The van der Waals surface area contributed by atoms with Crippen LogP contribution >= 0.6 is 23.2 Å². The monoisotopic (exact) mass is 271 g/mol. The molecule has 1 aromatic carbocycles. The van der Waals surface area contributed by atoms with Crippen molar-refractivity contribution in [1.29, 1.82) is 0 Å². The molecule has 0 spiro atoms. The first-order valence-corrected chi connectivity index (χ1v) is 7.08. The molecule has 1 aliphatic heterocycles. The topological polar surface area (TPSA) is 3.24 Å². The van der Waals surface area contributed by atoms with Crippen LogP contribution in [0.25, 0.3) is 0 Å². The van der Waals surface area contributed by atoms with Crippen LogP contribution in [-0.2, 0) is 0 Å². The summed E-state index contributed by atoms with van der Waals surface area (Å²) in [5, 5.41) is 0.838.